The monoisotopic (exact) mass is 394 g/mol. The van der Waals surface area contributed by atoms with Crippen molar-refractivity contribution in [1.29, 1.82) is 0 Å². The zero-order valence-corrected chi connectivity index (χ0v) is 16.9. The van der Waals surface area contributed by atoms with Gasteiger partial charge in [0.25, 0.3) is 0 Å². The number of fused-ring (bicyclic) bond motifs is 3. The number of carbonyl (C=O) groups is 3. The summed E-state index contributed by atoms with van der Waals surface area (Å²) in [5.74, 6) is 0.450. The first-order chi connectivity index (χ1) is 13.9. The van der Waals surface area contributed by atoms with E-state index in [1.165, 1.54) is 21.3 Å². The maximum Gasteiger partial charge on any atom is 0.202 e. The fourth-order valence-electron chi connectivity index (χ4n) is 4.57. The van der Waals surface area contributed by atoms with Crippen molar-refractivity contribution in [2.24, 2.45) is 5.92 Å². The number of ketones is 3. The van der Waals surface area contributed by atoms with Crippen molar-refractivity contribution in [3.8, 4) is 17.2 Å². The molecule has 6 nitrogen and oxygen atoms in total. The summed E-state index contributed by atoms with van der Waals surface area (Å²) in [7, 11) is 4.45. The Morgan fingerprint density at radius 3 is 2.17 bits per heavy atom. The molecule has 4 rings (SSSR count). The van der Waals surface area contributed by atoms with E-state index >= 15 is 0 Å². The SMILES string of the molecule is COc1cccc2c1C(=O)c1c(OC)c3c(c(OC)c1C2=O)CC(C(C)=O)CC3. The first-order valence-corrected chi connectivity index (χ1v) is 9.51. The van der Waals surface area contributed by atoms with Crippen LogP contribution in [-0.2, 0) is 17.6 Å². The lowest BCUT2D eigenvalue weighted by Gasteiger charge is -2.31. The predicted molar refractivity (Wildman–Crippen MR) is 106 cm³/mol. The Balaban J connectivity index is 2.05. The van der Waals surface area contributed by atoms with Crippen molar-refractivity contribution in [3.63, 3.8) is 0 Å². The first-order valence-electron chi connectivity index (χ1n) is 9.51. The van der Waals surface area contributed by atoms with Crippen LogP contribution >= 0.6 is 0 Å². The van der Waals surface area contributed by atoms with Crippen molar-refractivity contribution < 1.29 is 28.6 Å². The average Bonchev–Trinajstić information content (AvgIpc) is 2.74. The summed E-state index contributed by atoms with van der Waals surface area (Å²) in [6.45, 7) is 1.58. The lowest BCUT2D eigenvalue weighted by molar-refractivity contribution is -0.121. The van der Waals surface area contributed by atoms with Crippen LogP contribution in [0.4, 0.5) is 0 Å². The normalized spacial score (nSPS) is 17.2. The molecule has 29 heavy (non-hydrogen) atoms. The zero-order valence-electron chi connectivity index (χ0n) is 16.9. The molecule has 0 fully saturated rings. The molecule has 0 aliphatic heterocycles. The third-order valence-corrected chi connectivity index (χ3v) is 5.97. The highest BCUT2D eigenvalue weighted by molar-refractivity contribution is 6.31. The van der Waals surface area contributed by atoms with Crippen molar-refractivity contribution >= 4 is 17.3 Å². The Kier molecular flexibility index (Phi) is 4.65. The molecular formula is C23H22O6. The molecule has 2 aromatic rings. The first kappa shape index (κ1) is 19.2. The van der Waals surface area contributed by atoms with Gasteiger partial charge in [-0.2, -0.15) is 0 Å². The molecule has 1 atom stereocenters. The highest BCUT2D eigenvalue weighted by Crippen LogP contribution is 2.48. The maximum absolute atomic E-state index is 13.5. The van der Waals surface area contributed by atoms with Gasteiger partial charge in [0.05, 0.1) is 38.0 Å². The summed E-state index contributed by atoms with van der Waals surface area (Å²) in [4.78, 5) is 39.0. The number of carbonyl (C=O) groups excluding carboxylic acids is 3. The topological polar surface area (TPSA) is 78.9 Å². The molecule has 0 bridgehead atoms. The van der Waals surface area contributed by atoms with Gasteiger partial charge in [0.1, 0.15) is 23.0 Å². The number of methoxy groups -OCH3 is 3. The third kappa shape index (κ3) is 2.66. The van der Waals surface area contributed by atoms with Crippen LogP contribution in [0, 0.1) is 5.92 Å². The average molecular weight is 394 g/mol. The van der Waals surface area contributed by atoms with Gasteiger partial charge in [0, 0.05) is 22.6 Å². The van der Waals surface area contributed by atoms with E-state index < -0.39 is 0 Å². The van der Waals surface area contributed by atoms with E-state index in [1.54, 1.807) is 25.1 Å². The Bertz CT molecular complexity index is 1070. The molecule has 2 aromatic carbocycles. The number of hydrogen-bond acceptors (Lipinski definition) is 6. The lowest BCUT2D eigenvalue weighted by Crippen LogP contribution is -2.28. The summed E-state index contributed by atoms with van der Waals surface area (Å²) < 4.78 is 16.7. The van der Waals surface area contributed by atoms with Gasteiger partial charge in [-0.3, -0.25) is 14.4 Å². The second-order valence-electron chi connectivity index (χ2n) is 7.37. The van der Waals surface area contributed by atoms with Crippen LogP contribution in [0.5, 0.6) is 17.2 Å². The molecule has 0 saturated heterocycles. The van der Waals surface area contributed by atoms with E-state index in [-0.39, 0.29) is 45.5 Å². The molecule has 150 valence electrons. The molecular weight excluding hydrogens is 372 g/mol. The highest BCUT2D eigenvalue weighted by atomic mass is 16.5. The molecule has 2 aliphatic carbocycles. The van der Waals surface area contributed by atoms with Crippen molar-refractivity contribution in [1.82, 2.24) is 0 Å². The van der Waals surface area contributed by atoms with Crippen LogP contribution in [0.25, 0.3) is 0 Å². The summed E-state index contributed by atoms with van der Waals surface area (Å²) in [6.07, 6.45) is 1.71. The molecule has 0 N–H and O–H groups in total. The number of rotatable bonds is 4. The molecule has 1 unspecified atom stereocenters. The van der Waals surface area contributed by atoms with E-state index in [2.05, 4.69) is 0 Å². The summed E-state index contributed by atoms with van der Waals surface area (Å²) in [5.41, 5.74) is 2.55. The zero-order chi connectivity index (χ0) is 20.9. The Morgan fingerprint density at radius 2 is 1.55 bits per heavy atom. The molecule has 0 aromatic heterocycles. The second-order valence-corrected chi connectivity index (χ2v) is 7.37. The fourth-order valence-corrected chi connectivity index (χ4v) is 4.57. The number of benzene rings is 2. The smallest absolute Gasteiger partial charge is 0.202 e. The summed E-state index contributed by atoms with van der Waals surface area (Å²) in [6, 6.07) is 4.96. The summed E-state index contributed by atoms with van der Waals surface area (Å²) in [5, 5.41) is 0. The van der Waals surface area contributed by atoms with Gasteiger partial charge in [0.15, 0.2) is 5.78 Å². The molecule has 6 heteroatoms. The summed E-state index contributed by atoms with van der Waals surface area (Å²) >= 11 is 0. The maximum atomic E-state index is 13.5. The second kappa shape index (κ2) is 7.03. The lowest BCUT2D eigenvalue weighted by atomic mass is 9.75. The van der Waals surface area contributed by atoms with Crippen molar-refractivity contribution in [3.05, 3.63) is 51.6 Å². The van der Waals surface area contributed by atoms with Crippen LogP contribution < -0.4 is 14.2 Å². The predicted octanol–water partition coefficient (Wildman–Crippen LogP) is 3.18. The molecule has 0 saturated carbocycles. The van der Waals surface area contributed by atoms with Gasteiger partial charge in [-0.25, -0.2) is 0 Å². The van der Waals surface area contributed by atoms with E-state index in [1.807, 2.05) is 0 Å². The minimum absolute atomic E-state index is 0.104. The Hall–Kier alpha value is -3.15. The largest absolute Gasteiger partial charge is 0.496 e. The minimum atomic E-state index is -0.321. The molecule has 0 radical (unpaired) electrons. The van der Waals surface area contributed by atoms with Crippen LogP contribution in [0.1, 0.15) is 56.3 Å². The van der Waals surface area contributed by atoms with Gasteiger partial charge in [-0.05, 0) is 32.3 Å². The van der Waals surface area contributed by atoms with Gasteiger partial charge in [-0.1, -0.05) is 12.1 Å². The van der Waals surface area contributed by atoms with Crippen LogP contribution in [0.15, 0.2) is 18.2 Å². The van der Waals surface area contributed by atoms with Gasteiger partial charge in [-0.15, -0.1) is 0 Å². The van der Waals surface area contributed by atoms with Crippen molar-refractivity contribution in [2.75, 3.05) is 21.3 Å². The van der Waals surface area contributed by atoms with E-state index in [4.69, 9.17) is 14.2 Å². The molecule has 0 heterocycles. The van der Waals surface area contributed by atoms with E-state index in [0.29, 0.717) is 36.5 Å². The van der Waals surface area contributed by atoms with Gasteiger partial charge >= 0.3 is 0 Å². The van der Waals surface area contributed by atoms with Gasteiger partial charge in [0.2, 0.25) is 5.78 Å². The van der Waals surface area contributed by atoms with Crippen molar-refractivity contribution in [2.45, 2.75) is 26.2 Å². The van der Waals surface area contributed by atoms with E-state index in [0.717, 1.165) is 11.1 Å². The third-order valence-electron chi connectivity index (χ3n) is 5.97. The van der Waals surface area contributed by atoms with Gasteiger partial charge < -0.3 is 14.2 Å². The fraction of sp³-hybridized carbons (Fsp3) is 0.348. The van der Waals surface area contributed by atoms with Crippen LogP contribution in [-0.4, -0.2) is 38.7 Å². The van der Waals surface area contributed by atoms with Crippen LogP contribution in [0.2, 0.25) is 0 Å². The quantitative estimate of drug-likeness (QED) is 0.676. The highest BCUT2D eigenvalue weighted by Gasteiger charge is 2.41. The number of Topliss-reactive ketones (excluding diaryl/α,β-unsaturated/α-hetero) is 1. The molecule has 2 aliphatic rings. The Morgan fingerprint density at radius 1 is 0.897 bits per heavy atom. The van der Waals surface area contributed by atoms with E-state index in [9.17, 15) is 14.4 Å². The minimum Gasteiger partial charge on any atom is -0.496 e. The number of ether oxygens (including phenoxy) is 3. The molecule has 0 spiro atoms. The standard InChI is InChI=1S/C23H22O6/c1-11(24)12-8-9-13-15(10-12)23(29-4)18-19(22(13)28-3)21(26)17-14(20(18)25)6-5-7-16(17)27-2/h5-7,12H,8-10H2,1-4H3. The Labute approximate surface area is 168 Å². The van der Waals surface area contributed by atoms with Crippen LogP contribution in [0.3, 0.4) is 0 Å². The molecule has 0 amide bonds. The number of hydrogen-bond donors (Lipinski definition) is 0.